The highest BCUT2D eigenvalue weighted by molar-refractivity contribution is 5.94. The van der Waals surface area contributed by atoms with Crippen molar-refractivity contribution >= 4 is 11.9 Å². The van der Waals surface area contributed by atoms with E-state index in [2.05, 4.69) is 20.9 Å². The Morgan fingerprint density at radius 3 is 2.59 bits per heavy atom. The maximum atomic E-state index is 11.4. The van der Waals surface area contributed by atoms with Crippen molar-refractivity contribution < 1.29 is 9.59 Å². The van der Waals surface area contributed by atoms with Crippen LogP contribution in [0.5, 0.6) is 0 Å². The summed E-state index contributed by atoms with van der Waals surface area (Å²) < 4.78 is 0. The molecule has 0 unspecified atom stereocenters. The van der Waals surface area contributed by atoms with Crippen LogP contribution in [0.2, 0.25) is 0 Å². The number of urea groups is 1. The van der Waals surface area contributed by atoms with Crippen LogP contribution in [0.15, 0.2) is 0 Å². The second-order valence-corrected chi connectivity index (χ2v) is 4.34. The Balaban J connectivity index is 2.20. The second-order valence-electron chi connectivity index (χ2n) is 4.34. The fourth-order valence-electron chi connectivity index (χ4n) is 1.96. The summed E-state index contributed by atoms with van der Waals surface area (Å²) in [5.41, 5.74) is 0. The summed E-state index contributed by atoms with van der Waals surface area (Å²) in [6, 6.07) is 0.101. The summed E-state index contributed by atoms with van der Waals surface area (Å²) in [6.07, 6.45) is 2.59. The minimum absolute atomic E-state index is 0.231. The second kappa shape index (κ2) is 7.24. The third-order valence-corrected chi connectivity index (χ3v) is 3.10. The standard InChI is InChI=1S/C11H22N4O2/c1-12-11(17)14-10(16)5-8-15(2)9-3-6-13-7-4-9/h9,13H,3-8H2,1-2H3,(H2,12,14,16,17). The normalized spacial score (nSPS) is 16.9. The van der Waals surface area contributed by atoms with Gasteiger partial charge in [-0.25, -0.2) is 4.79 Å². The van der Waals surface area contributed by atoms with Crippen molar-refractivity contribution in [3.63, 3.8) is 0 Å². The van der Waals surface area contributed by atoms with Crippen LogP contribution in [0.25, 0.3) is 0 Å². The lowest BCUT2D eigenvalue weighted by Crippen LogP contribution is -2.43. The zero-order chi connectivity index (χ0) is 12.7. The summed E-state index contributed by atoms with van der Waals surface area (Å²) in [4.78, 5) is 24.5. The number of nitrogens with one attached hydrogen (secondary N) is 3. The van der Waals surface area contributed by atoms with Crippen LogP contribution >= 0.6 is 0 Å². The van der Waals surface area contributed by atoms with E-state index in [1.54, 1.807) is 0 Å². The molecule has 3 N–H and O–H groups in total. The van der Waals surface area contributed by atoms with E-state index in [0.29, 0.717) is 19.0 Å². The maximum Gasteiger partial charge on any atom is 0.321 e. The van der Waals surface area contributed by atoms with Gasteiger partial charge in [0, 0.05) is 26.1 Å². The van der Waals surface area contributed by atoms with Gasteiger partial charge in [0.1, 0.15) is 0 Å². The van der Waals surface area contributed by atoms with Crippen LogP contribution in [0.1, 0.15) is 19.3 Å². The first-order valence-corrected chi connectivity index (χ1v) is 6.06. The lowest BCUT2D eigenvalue weighted by molar-refractivity contribution is -0.120. The van der Waals surface area contributed by atoms with Gasteiger partial charge in [0.2, 0.25) is 5.91 Å². The number of piperidine rings is 1. The van der Waals surface area contributed by atoms with Crippen LogP contribution < -0.4 is 16.0 Å². The van der Waals surface area contributed by atoms with E-state index in [9.17, 15) is 9.59 Å². The van der Waals surface area contributed by atoms with E-state index in [1.165, 1.54) is 7.05 Å². The van der Waals surface area contributed by atoms with Crippen LogP contribution in [-0.4, -0.2) is 56.6 Å². The lowest BCUT2D eigenvalue weighted by Gasteiger charge is -2.31. The van der Waals surface area contributed by atoms with Gasteiger partial charge in [-0.15, -0.1) is 0 Å². The largest absolute Gasteiger partial charge is 0.341 e. The monoisotopic (exact) mass is 242 g/mol. The predicted molar refractivity (Wildman–Crippen MR) is 65.7 cm³/mol. The molecule has 1 heterocycles. The third-order valence-electron chi connectivity index (χ3n) is 3.10. The van der Waals surface area contributed by atoms with Gasteiger partial charge >= 0.3 is 6.03 Å². The van der Waals surface area contributed by atoms with Crippen molar-refractivity contribution in [1.82, 2.24) is 20.9 Å². The van der Waals surface area contributed by atoms with E-state index < -0.39 is 6.03 Å². The molecule has 1 rings (SSSR count). The summed E-state index contributed by atoms with van der Waals surface area (Å²) in [6.45, 7) is 2.77. The van der Waals surface area contributed by atoms with E-state index in [0.717, 1.165) is 25.9 Å². The fourth-order valence-corrected chi connectivity index (χ4v) is 1.96. The molecule has 6 nitrogen and oxygen atoms in total. The minimum Gasteiger partial charge on any atom is -0.341 e. The maximum absolute atomic E-state index is 11.4. The van der Waals surface area contributed by atoms with Crippen LogP contribution in [-0.2, 0) is 4.79 Å². The van der Waals surface area contributed by atoms with Crippen molar-refractivity contribution in [2.75, 3.05) is 33.7 Å². The average Bonchev–Trinajstić information content (AvgIpc) is 2.36. The Kier molecular flexibility index (Phi) is 5.93. The van der Waals surface area contributed by atoms with Crippen molar-refractivity contribution in [2.45, 2.75) is 25.3 Å². The molecule has 0 atom stereocenters. The topological polar surface area (TPSA) is 73.5 Å². The molecule has 1 fully saturated rings. The van der Waals surface area contributed by atoms with Crippen molar-refractivity contribution in [1.29, 1.82) is 0 Å². The third kappa shape index (κ3) is 5.14. The molecule has 1 aliphatic heterocycles. The van der Waals surface area contributed by atoms with E-state index >= 15 is 0 Å². The van der Waals surface area contributed by atoms with Crippen LogP contribution in [0, 0.1) is 0 Å². The Bertz CT molecular complexity index is 264. The number of hydrogen-bond donors (Lipinski definition) is 3. The van der Waals surface area contributed by atoms with E-state index in [1.807, 2.05) is 7.05 Å². The molecular weight excluding hydrogens is 220 g/mol. The molecule has 6 heteroatoms. The number of carbonyl (C=O) groups excluding carboxylic acids is 2. The Morgan fingerprint density at radius 2 is 2.00 bits per heavy atom. The van der Waals surface area contributed by atoms with Gasteiger partial charge in [-0.05, 0) is 33.0 Å². The number of rotatable bonds is 4. The van der Waals surface area contributed by atoms with Gasteiger partial charge in [-0.1, -0.05) is 0 Å². The zero-order valence-corrected chi connectivity index (χ0v) is 10.6. The molecule has 0 radical (unpaired) electrons. The molecule has 17 heavy (non-hydrogen) atoms. The number of carbonyl (C=O) groups is 2. The van der Waals surface area contributed by atoms with Gasteiger partial charge in [0.05, 0.1) is 0 Å². The molecule has 0 bridgehead atoms. The zero-order valence-electron chi connectivity index (χ0n) is 10.6. The van der Waals surface area contributed by atoms with Gasteiger partial charge in [0.25, 0.3) is 0 Å². The average molecular weight is 242 g/mol. The molecule has 1 saturated heterocycles. The Hall–Kier alpha value is -1.14. The molecule has 3 amide bonds. The molecule has 98 valence electrons. The smallest absolute Gasteiger partial charge is 0.321 e. The molecule has 0 spiro atoms. The van der Waals surface area contributed by atoms with Gasteiger partial charge in [0.15, 0.2) is 0 Å². The summed E-state index contributed by atoms with van der Waals surface area (Å²) >= 11 is 0. The molecule has 0 saturated carbocycles. The first-order chi connectivity index (χ1) is 8.13. The minimum atomic E-state index is -0.445. The number of amides is 3. The highest BCUT2D eigenvalue weighted by Gasteiger charge is 2.18. The summed E-state index contributed by atoms with van der Waals surface area (Å²) in [5.74, 6) is -0.231. The fraction of sp³-hybridized carbons (Fsp3) is 0.818. The Morgan fingerprint density at radius 1 is 1.35 bits per heavy atom. The number of hydrogen-bond acceptors (Lipinski definition) is 4. The predicted octanol–water partition coefficient (Wildman–Crippen LogP) is -0.484. The van der Waals surface area contributed by atoms with Crippen LogP contribution in [0.4, 0.5) is 4.79 Å². The van der Waals surface area contributed by atoms with E-state index in [-0.39, 0.29) is 5.91 Å². The molecule has 0 aliphatic carbocycles. The van der Waals surface area contributed by atoms with Gasteiger partial charge in [-0.2, -0.15) is 0 Å². The van der Waals surface area contributed by atoms with Crippen molar-refractivity contribution in [3.05, 3.63) is 0 Å². The molecule has 0 aromatic heterocycles. The molecule has 0 aromatic carbocycles. The Labute approximate surface area is 102 Å². The van der Waals surface area contributed by atoms with Crippen molar-refractivity contribution in [2.24, 2.45) is 0 Å². The van der Waals surface area contributed by atoms with Gasteiger partial charge in [-0.3, -0.25) is 10.1 Å². The number of nitrogens with zero attached hydrogens (tertiary/aromatic N) is 1. The molecule has 0 aromatic rings. The first-order valence-electron chi connectivity index (χ1n) is 6.06. The molecular formula is C11H22N4O2. The van der Waals surface area contributed by atoms with Gasteiger partial charge < -0.3 is 15.5 Å². The van der Waals surface area contributed by atoms with E-state index in [4.69, 9.17) is 0 Å². The summed E-state index contributed by atoms with van der Waals surface area (Å²) in [5, 5.41) is 7.92. The lowest BCUT2D eigenvalue weighted by atomic mass is 10.1. The van der Waals surface area contributed by atoms with Crippen molar-refractivity contribution in [3.8, 4) is 0 Å². The first kappa shape index (κ1) is 13.9. The summed E-state index contributed by atoms with van der Waals surface area (Å²) in [7, 11) is 3.52. The highest BCUT2D eigenvalue weighted by Crippen LogP contribution is 2.09. The molecule has 1 aliphatic rings. The highest BCUT2D eigenvalue weighted by atomic mass is 16.2. The van der Waals surface area contributed by atoms with Crippen LogP contribution in [0.3, 0.4) is 0 Å². The quantitative estimate of drug-likeness (QED) is 0.622. The SMILES string of the molecule is CNC(=O)NC(=O)CCN(C)C1CCNCC1. The number of imide groups is 1.